The van der Waals surface area contributed by atoms with Gasteiger partial charge in [-0.3, -0.25) is 4.99 Å². The Labute approximate surface area is 182 Å². The van der Waals surface area contributed by atoms with Gasteiger partial charge in [0.15, 0.2) is 5.96 Å². The van der Waals surface area contributed by atoms with Gasteiger partial charge in [-0.25, -0.2) is 0 Å². The molecule has 1 fully saturated rings. The first kappa shape index (κ1) is 24.0. The maximum atomic E-state index is 5.45. The van der Waals surface area contributed by atoms with Crippen LogP contribution in [0.2, 0.25) is 0 Å². The van der Waals surface area contributed by atoms with E-state index in [1.807, 2.05) is 25.2 Å². The molecule has 27 heavy (non-hydrogen) atoms. The number of nitrogens with zero attached hydrogens (tertiary/aromatic N) is 3. The molecule has 1 atom stereocenters. The van der Waals surface area contributed by atoms with E-state index < -0.39 is 0 Å². The van der Waals surface area contributed by atoms with Gasteiger partial charge in [0.2, 0.25) is 0 Å². The van der Waals surface area contributed by atoms with Crippen molar-refractivity contribution in [1.29, 1.82) is 0 Å². The fourth-order valence-corrected chi connectivity index (χ4v) is 3.68. The molecule has 0 spiro atoms. The van der Waals surface area contributed by atoms with Crippen molar-refractivity contribution in [2.45, 2.75) is 51.6 Å². The number of nitrogens with one attached hydrogen (secondary N) is 1. The van der Waals surface area contributed by atoms with Gasteiger partial charge in [0.1, 0.15) is 5.75 Å². The Hall–Kier alpha value is -1.02. The first-order valence-corrected chi connectivity index (χ1v) is 9.93. The average Bonchev–Trinajstić information content (AvgIpc) is 2.66. The molecule has 0 amide bonds. The number of aliphatic imine (C=N–C) groups is 1. The van der Waals surface area contributed by atoms with Crippen molar-refractivity contribution in [3.05, 3.63) is 29.8 Å². The molecule has 1 N–H and O–H groups in total. The number of guanidine groups is 1. The van der Waals surface area contributed by atoms with Gasteiger partial charge in [0, 0.05) is 38.8 Å². The lowest BCUT2D eigenvalue weighted by Crippen LogP contribution is -2.40. The minimum Gasteiger partial charge on any atom is -0.496 e. The molecule has 0 aliphatic carbocycles. The molecular formula is C21H37IN4O. The van der Waals surface area contributed by atoms with Crippen LogP contribution in [0.5, 0.6) is 5.75 Å². The third kappa shape index (κ3) is 7.86. The molecule has 1 saturated heterocycles. The van der Waals surface area contributed by atoms with Gasteiger partial charge in [-0.2, -0.15) is 0 Å². The van der Waals surface area contributed by atoms with Gasteiger partial charge in [-0.15, -0.1) is 24.0 Å². The Morgan fingerprint density at radius 1 is 1.30 bits per heavy atom. The minimum absolute atomic E-state index is 0. The highest BCUT2D eigenvalue weighted by Gasteiger charge is 2.17. The maximum Gasteiger partial charge on any atom is 0.193 e. The molecule has 1 aromatic carbocycles. The van der Waals surface area contributed by atoms with Crippen LogP contribution in [0.4, 0.5) is 0 Å². The lowest BCUT2D eigenvalue weighted by molar-refractivity contribution is 0.158. The van der Waals surface area contributed by atoms with Crippen molar-refractivity contribution in [3.8, 4) is 5.75 Å². The van der Waals surface area contributed by atoms with Crippen molar-refractivity contribution in [2.24, 2.45) is 4.99 Å². The molecule has 154 valence electrons. The zero-order chi connectivity index (χ0) is 18.8. The summed E-state index contributed by atoms with van der Waals surface area (Å²) in [6.45, 7) is 6.60. The largest absolute Gasteiger partial charge is 0.496 e. The monoisotopic (exact) mass is 488 g/mol. The molecule has 1 aliphatic heterocycles. The highest BCUT2D eigenvalue weighted by atomic mass is 127. The molecule has 1 unspecified atom stereocenters. The van der Waals surface area contributed by atoms with Crippen molar-refractivity contribution < 1.29 is 4.74 Å². The average molecular weight is 488 g/mol. The molecule has 0 bridgehead atoms. The molecule has 6 heteroatoms. The van der Waals surface area contributed by atoms with Crippen molar-refractivity contribution in [2.75, 3.05) is 40.8 Å². The molecule has 0 saturated carbocycles. The summed E-state index contributed by atoms with van der Waals surface area (Å²) in [6, 6.07) is 8.90. The van der Waals surface area contributed by atoms with E-state index in [1.165, 1.54) is 50.8 Å². The summed E-state index contributed by atoms with van der Waals surface area (Å²) in [4.78, 5) is 9.21. The second-order valence-corrected chi connectivity index (χ2v) is 7.23. The summed E-state index contributed by atoms with van der Waals surface area (Å²) < 4.78 is 5.45. The van der Waals surface area contributed by atoms with E-state index in [9.17, 15) is 0 Å². The number of hydrogen-bond donors (Lipinski definition) is 1. The number of piperidine rings is 1. The highest BCUT2D eigenvalue weighted by molar-refractivity contribution is 14.0. The zero-order valence-electron chi connectivity index (χ0n) is 17.4. The van der Waals surface area contributed by atoms with Crippen LogP contribution >= 0.6 is 24.0 Å². The summed E-state index contributed by atoms with van der Waals surface area (Å²) in [5, 5.41) is 3.49. The quantitative estimate of drug-likeness (QED) is 0.260. The molecule has 1 aromatic rings. The van der Waals surface area contributed by atoms with E-state index in [-0.39, 0.29) is 24.0 Å². The van der Waals surface area contributed by atoms with Gasteiger partial charge in [-0.1, -0.05) is 24.6 Å². The van der Waals surface area contributed by atoms with Gasteiger partial charge in [0.05, 0.1) is 7.11 Å². The van der Waals surface area contributed by atoms with E-state index in [4.69, 9.17) is 4.74 Å². The molecule has 0 aromatic heterocycles. The van der Waals surface area contributed by atoms with E-state index in [0.717, 1.165) is 30.8 Å². The minimum atomic E-state index is 0. The van der Waals surface area contributed by atoms with E-state index >= 15 is 0 Å². The molecule has 1 heterocycles. The van der Waals surface area contributed by atoms with Crippen LogP contribution in [-0.2, 0) is 6.54 Å². The van der Waals surface area contributed by atoms with E-state index in [0.29, 0.717) is 0 Å². The first-order valence-electron chi connectivity index (χ1n) is 9.93. The number of hydrogen-bond acceptors (Lipinski definition) is 3. The lowest BCUT2D eigenvalue weighted by Gasteiger charge is -2.33. The Kier molecular flexibility index (Phi) is 11.7. The summed E-state index contributed by atoms with van der Waals surface area (Å²) in [7, 11) is 5.63. The Balaban J connectivity index is 0.00000364. The van der Waals surface area contributed by atoms with Gasteiger partial charge in [0.25, 0.3) is 0 Å². The summed E-state index contributed by atoms with van der Waals surface area (Å²) in [5.74, 6) is 1.85. The third-order valence-electron chi connectivity index (χ3n) is 5.27. The van der Waals surface area contributed by atoms with E-state index in [2.05, 4.69) is 40.1 Å². The van der Waals surface area contributed by atoms with Crippen LogP contribution in [-0.4, -0.2) is 62.6 Å². The fourth-order valence-electron chi connectivity index (χ4n) is 3.68. The van der Waals surface area contributed by atoms with Crippen LogP contribution in [0.1, 0.15) is 44.6 Å². The summed E-state index contributed by atoms with van der Waals surface area (Å²) in [6.07, 6.45) is 6.53. The summed E-state index contributed by atoms with van der Waals surface area (Å²) in [5.41, 5.74) is 1.17. The summed E-state index contributed by atoms with van der Waals surface area (Å²) >= 11 is 0. The number of methoxy groups -OCH3 is 1. The number of unbranched alkanes of at least 4 members (excludes halogenated alkanes) is 1. The fraction of sp³-hybridized carbons (Fsp3) is 0.667. The molecule has 0 radical (unpaired) electrons. The van der Waals surface area contributed by atoms with Crippen LogP contribution in [0, 0.1) is 0 Å². The van der Waals surface area contributed by atoms with E-state index in [1.54, 1.807) is 7.11 Å². The van der Waals surface area contributed by atoms with Crippen molar-refractivity contribution >= 4 is 29.9 Å². The standard InChI is InChI=1S/C21H36N4O.HI/c1-18-11-7-9-15-25(18)16-10-8-14-23-21(22-2)24(3)17-19-12-5-6-13-20(19)26-4;/h5-6,12-13,18H,7-11,14-17H2,1-4H3,(H,22,23);1H. The number of rotatable bonds is 8. The van der Waals surface area contributed by atoms with Gasteiger partial charge < -0.3 is 19.9 Å². The SMILES string of the molecule is CN=C(NCCCCN1CCCCC1C)N(C)Cc1ccccc1OC.I. The van der Waals surface area contributed by atoms with Gasteiger partial charge >= 0.3 is 0 Å². The number of ether oxygens (including phenoxy) is 1. The smallest absolute Gasteiger partial charge is 0.193 e. The second kappa shape index (κ2) is 13.2. The van der Waals surface area contributed by atoms with Crippen LogP contribution in [0.3, 0.4) is 0 Å². The second-order valence-electron chi connectivity index (χ2n) is 7.23. The van der Waals surface area contributed by atoms with Crippen LogP contribution in [0.15, 0.2) is 29.3 Å². The predicted molar refractivity (Wildman–Crippen MR) is 125 cm³/mol. The first-order chi connectivity index (χ1) is 12.7. The predicted octanol–water partition coefficient (Wildman–Crippen LogP) is 3.98. The Bertz CT molecular complexity index is 567. The van der Waals surface area contributed by atoms with Crippen molar-refractivity contribution in [3.63, 3.8) is 0 Å². The molecule has 1 aliphatic rings. The highest BCUT2D eigenvalue weighted by Crippen LogP contribution is 2.19. The maximum absolute atomic E-state index is 5.45. The van der Waals surface area contributed by atoms with Crippen LogP contribution in [0.25, 0.3) is 0 Å². The van der Waals surface area contributed by atoms with Crippen molar-refractivity contribution in [1.82, 2.24) is 15.1 Å². The number of benzene rings is 1. The lowest BCUT2D eigenvalue weighted by atomic mass is 10.0. The number of halogens is 1. The number of para-hydroxylation sites is 1. The topological polar surface area (TPSA) is 40.1 Å². The molecule has 2 rings (SSSR count). The molecule has 5 nitrogen and oxygen atoms in total. The Morgan fingerprint density at radius 3 is 2.78 bits per heavy atom. The van der Waals surface area contributed by atoms with Crippen LogP contribution < -0.4 is 10.1 Å². The Morgan fingerprint density at radius 2 is 2.07 bits per heavy atom. The number of likely N-dealkylation sites (tertiary alicyclic amines) is 1. The third-order valence-corrected chi connectivity index (χ3v) is 5.27. The normalized spacial score (nSPS) is 17.9. The molecular weight excluding hydrogens is 451 g/mol. The zero-order valence-corrected chi connectivity index (χ0v) is 19.7. The van der Waals surface area contributed by atoms with Gasteiger partial charge in [-0.05, 0) is 51.8 Å².